The van der Waals surface area contributed by atoms with Gasteiger partial charge in [0.2, 0.25) is 0 Å². The SMILES string of the molecule is C[n+]1ccc(C(=O)O)c(C(=O)O)c1. The van der Waals surface area contributed by atoms with Crippen molar-refractivity contribution < 1.29 is 24.4 Å². The van der Waals surface area contributed by atoms with E-state index < -0.39 is 11.9 Å². The van der Waals surface area contributed by atoms with Crippen molar-refractivity contribution in [3.05, 3.63) is 29.6 Å². The molecule has 0 amide bonds. The lowest BCUT2D eigenvalue weighted by Crippen LogP contribution is -2.29. The Morgan fingerprint density at radius 3 is 2.23 bits per heavy atom. The van der Waals surface area contributed by atoms with E-state index in [4.69, 9.17) is 10.2 Å². The largest absolute Gasteiger partial charge is 0.478 e. The first kappa shape index (κ1) is 9.18. The van der Waals surface area contributed by atoms with Crippen molar-refractivity contribution in [2.45, 2.75) is 0 Å². The van der Waals surface area contributed by atoms with Crippen molar-refractivity contribution in [1.82, 2.24) is 0 Å². The summed E-state index contributed by atoms with van der Waals surface area (Å²) in [5.41, 5.74) is -0.414. The van der Waals surface area contributed by atoms with Crippen LogP contribution >= 0.6 is 0 Å². The van der Waals surface area contributed by atoms with Crippen molar-refractivity contribution in [2.75, 3.05) is 0 Å². The van der Waals surface area contributed by atoms with Gasteiger partial charge in [0.05, 0.1) is 5.56 Å². The molecule has 5 nitrogen and oxygen atoms in total. The smallest absolute Gasteiger partial charge is 0.342 e. The monoisotopic (exact) mass is 182 g/mol. The van der Waals surface area contributed by atoms with E-state index >= 15 is 0 Å². The van der Waals surface area contributed by atoms with Crippen LogP contribution in [0.4, 0.5) is 0 Å². The first-order valence-electron chi connectivity index (χ1n) is 3.48. The number of carbonyl (C=O) groups is 2. The maximum absolute atomic E-state index is 10.6. The average Bonchev–Trinajstić information content (AvgIpc) is 2.03. The van der Waals surface area contributed by atoms with E-state index in [1.165, 1.54) is 23.0 Å². The predicted molar refractivity (Wildman–Crippen MR) is 41.5 cm³/mol. The normalized spacial score (nSPS) is 9.62. The molecule has 5 heteroatoms. The molecule has 0 unspecified atom stereocenters. The zero-order valence-corrected chi connectivity index (χ0v) is 6.89. The van der Waals surface area contributed by atoms with Gasteiger partial charge in [0.15, 0.2) is 12.4 Å². The standard InChI is InChI=1S/C8H7NO4/c1-9-3-2-5(7(10)11)6(4-9)8(12)13/h2-4H,1H3,(H-,10,11,12,13)/p+1. The minimum atomic E-state index is -1.24. The van der Waals surface area contributed by atoms with E-state index in [1.54, 1.807) is 7.05 Å². The van der Waals surface area contributed by atoms with E-state index in [0.29, 0.717) is 0 Å². The molecule has 0 fully saturated rings. The lowest BCUT2D eigenvalue weighted by atomic mass is 10.1. The maximum Gasteiger partial charge on any atom is 0.342 e. The fourth-order valence-corrected chi connectivity index (χ4v) is 0.955. The van der Waals surface area contributed by atoms with Crippen LogP contribution < -0.4 is 4.57 Å². The van der Waals surface area contributed by atoms with Gasteiger partial charge in [0, 0.05) is 6.07 Å². The second-order valence-corrected chi connectivity index (χ2v) is 2.55. The van der Waals surface area contributed by atoms with Gasteiger partial charge in [0.25, 0.3) is 0 Å². The van der Waals surface area contributed by atoms with Crippen molar-refractivity contribution in [1.29, 1.82) is 0 Å². The summed E-state index contributed by atoms with van der Waals surface area (Å²) in [6.07, 6.45) is 2.74. The number of aryl methyl sites for hydroxylation is 1. The van der Waals surface area contributed by atoms with Crippen LogP contribution in [0.5, 0.6) is 0 Å². The van der Waals surface area contributed by atoms with Gasteiger partial charge in [-0.2, -0.15) is 0 Å². The molecular formula is C8H8NO4+. The highest BCUT2D eigenvalue weighted by molar-refractivity contribution is 6.00. The number of carboxylic acid groups (broad SMARTS) is 2. The second kappa shape index (κ2) is 3.22. The van der Waals surface area contributed by atoms with E-state index in [2.05, 4.69) is 0 Å². The van der Waals surface area contributed by atoms with Crippen LogP contribution in [-0.2, 0) is 7.05 Å². The van der Waals surface area contributed by atoms with Gasteiger partial charge < -0.3 is 10.2 Å². The van der Waals surface area contributed by atoms with Crippen LogP contribution in [0.15, 0.2) is 18.5 Å². The number of pyridine rings is 1. The van der Waals surface area contributed by atoms with E-state index in [-0.39, 0.29) is 11.1 Å². The average molecular weight is 182 g/mol. The molecule has 1 rings (SSSR count). The number of rotatable bonds is 2. The second-order valence-electron chi connectivity index (χ2n) is 2.55. The fourth-order valence-electron chi connectivity index (χ4n) is 0.955. The van der Waals surface area contributed by atoms with Crippen molar-refractivity contribution >= 4 is 11.9 Å². The van der Waals surface area contributed by atoms with Crippen molar-refractivity contribution in [2.24, 2.45) is 7.05 Å². The topological polar surface area (TPSA) is 78.5 Å². The molecule has 0 aliphatic heterocycles. The molecule has 0 spiro atoms. The first-order valence-corrected chi connectivity index (χ1v) is 3.48. The van der Waals surface area contributed by atoms with Crippen molar-refractivity contribution in [3.8, 4) is 0 Å². The number of carboxylic acids is 2. The molecule has 1 heterocycles. The highest BCUT2D eigenvalue weighted by Crippen LogP contribution is 2.05. The highest BCUT2D eigenvalue weighted by atomic mass is 16.4. The van der Waals surface area contributed by atoms with Crippen molar-refractivity contribution in [3.63, 3.8) is 0 Å². The van der Waals surface area contributed by atoms with Gasteiger partial charge >= 0.3 is 11.9 Å². The molecule has 0 saturated carbocycles. The molecule has 1 aromatic rings. The molecule has 68 valence electrons. The molecular weight excluding hydrogens is 174 g/mol. The zero-order chi connectivity index (χ0) is 10.0. The third-order valence-electron chi connectivity index (χ3n) is 1.56. The molecule has 0 atom stereocenters. The molecule has 0 radical (unpaired) electrons. The summed E-state index contributed by atoms with van der Waals surface area (Å²) in [6, 6.07) is 1.26. The number of nitrogens with zero attached hydrogens (tertiary/aromatic N) is 1. The predicted octanol–water partition coefficient (Wildman–Crippen LogP) is -0.0925. The van der Waals surface area contributed by atoms with Gasteiger partial charge in [-0.1, -0.05) is 0 Å². The molecule has 2 N–H and O–H groups in total. The van der Waals surface area contributed by atoms with E-state index in [1.807, 2.05) is 0 Å². The lowest BCUT2D eigenvalue weighted by Gasteiger charge is -1.97. The maximum atomic E-state index is 10.6. The first-order chi connectivity index (χ1) is 6.02. The third kappa shape index (κ3) is 1.81. The Hall–Kier alpha value is -1.91. The van der Waals surface area contributed by atoms with Crippen LogP contribution in [0.3, 0.4) is 0 Å². The molecule has 0 bridgehead atoms. The highest BCUT2D eigenvalue weighted by Gasteiger charge is 2.18. The van der Waals surface area contributed by atoms with Gasteiger partial charge in [-0.3, -0.25) is 0 Å². The minimum absolute atomic E-state index is 0.203. The molecule has 1 aromatic heterocycles. The zero-order valence-electron chi connectivity index (χ0n) is 6.89. The number of hydrogen-bond acceptors (Lipinski definition) is 2. The van der Waals surface area contributed by atoms with Crippen LogP contribution in [0.25, 0.3) is 0 Å². The van der Waals surface area contributed by atoms with Crippen LogP contribution in [0, 0.1) is 0 Å². The Morgan fingerprint density at radius 1 is 1.23 bits per heavy atom. The van der Waals surface area contributed by atoms with Crippen LogP contribution in [0.2, 0.25) is 0 Å². The summed E-state index contributed by atoms with van der Waals surface area (Å²) >= 11 is 0. The summed E-state index contributed by atoms with van der Waals surface area (Å²) in [5, 5.41) is 17.3. The summed E-state index contributed by atoms with van der Waals surface area (Å²) in [4.78, 5) is 21.2. The molecule has 0 aromatic carbocycles. The van der Waals surface area contributed by atoms with E-state index in [0.717, 1.165) is 0 Å². The number of aromatic carboxylic acids is 2. The van der Waals surface area contributed by atoms with Crippen LogP contribution in [-0.4, -0.2) is 22.2 Å². The quantitative estimate of drug-likeness (QED) is 0.626. The minimum Gasteiger partial charge on any atom is -0.478 e. The molecule has 13 heavy (non-hydrogen) atoms. The molecule has 0 saturated heterocycles. The Balaban J connectivity index is 3.35. The Labute approximate surface area is 73.9 Å². The van der Waals surface area contributed by atoms with Crippen LogP contribution in [0.1, 0.15) is 20.7 Å². The Bertz CT molecular complexity index is 372. The Kier molecular flexibility index (Phi) is 2.27. The summed E-state index contributed by atoms with van der Waals surface area (Å²) in [5.74, 6) is -2.48. The summed E-state index contributed by atoms with van der Waals surface area (Å²) < 4.78 is 1.48. The summed E-state index contributed by atoms with van der Waals surface area (Å²) in [6.45, 7) is 0. The van der Waals surface area contributed by atoms with Gasteiger partial charge in [-0.05, 0) is 0 Å². The lowest BCUT2D eigenvalue weighted by molar-refractivity contribution is -0.671. The van der Waals surface area contributed by atoms with E-state index in [9.17, 15) is 9.59 Å². The fraction of sp³-hybridized carbons (Fsp3) is 0.125. The van der Waals surface area contributed by atoms with Gasteiger partial charge in [-0.25, -0.2) is 14.2 Å². The third-order valence-corrected chi connectivity index (χ3v) is 1.56. The number of hydrogen-bond donors (Lipinski definition) is 2. The molecule has 0 aliphatic rings. The number of aromatic nitrogens is 1. The Morgan fingerprint density at radius 2 is 1.77 bits per heavy atom. The van der Waals surface area contributed by atoms with Gasteiger partial charge in [-0.15, -0.1) is 0 Å². The van der Waals surface area contributed by atoms with Gasteiger partial charge in [0.1, 0.15) is 12.6 Å². The molecule has 0 aliphatic carbocycles. The summed E-state index contributed by atoms with van der Waals surface area (Å²) in [7, 11) is 1.62.